The average Bonchev–Trinajstić information content (AvgIpc) is 4.26. The van der Waals surface area contributed by atoms with E-state index in [9.17, 15) is 24.9 Å². The summed E-state index contributed by atoms with van der Waals surface area (Å²) in [4.78, 5) is 26.4. The summed E-state index contributed by atoms with van der Waals surface area (Å²) in [5, 5.41) is 32.5. The van der Waals surface area contributed by atoms with Crippen molar-refractivity contribution in [3.05, 3.63) is 24.3 Å². The Morgan fingerprint density at radius 3 is 2.10 bits per heavy atom. The van der Waals surface area contributed by atoms with Crippen LogP contribution in [0.15, 0.2) is 24.3 Å². The minimum atomic E-state index is -1.33. The molecule has 32 atom stereocenters. The maximum absolute atomic E-state index is 14.8. The van der Waals surface area contributed by atoms with Crippen molar-refractivity contribution >= 4 is 11.8 Å². The lowest BCUT2D eigenvalue weighted by Crippen LogP contribution is -2.62. The number of aliphatic hydroxyl groups is 2. The van der Waals surface area contributed by atoms with Gasteiger partial charge in [-0.2, -0.15) is 0 Å². The number of aliphatic carboxylic acids is 1. The highest BCUT2D eigenvalue weighted by molar-refractivity contribution is 5.79. The van der Waals surface area contributed by atoms with E-state index < -0.39 is 83.9 Å². The van der Waals surface area contributed by atoms with Crippen molar-refractivity contribution in [2.24, 2.45) is 29.6 Å². The first-order valence-corrected chi connectivity index (χ1v) is 31.0. The summed E-state index contributed by atoms with van der Waals surface area (Å²) in [6.07, 6.45) is 0.298. The minimum absolute atomic E-state index is 0.0108. The van der Waals surface area contributed by atoms with Crippen LogP contribution in [-0.2, 0) is 75.9 Å². The van der Waals surface area contributed by atoms with Crippen LogP contribution in [0, 0.1) is 29.6 Å². The van der Waals surface area contributed by atoms with Gasteiger partial charge in [0.1, 0.15) is 48.0 Å². The Balaban J connectivity index is 0.666. The first kappa shape index (κ1) is 54.6. The number of ether oxygens (including phenoxy) is 14. The summed E-state index contributed by atoms with van der Waals surface area (Å²) >= 11 is 0. The number of ketones is 1. The van der Waals surface area contributed by atoms with Crippen molar-refractivity contribution in [1.29, 1.82) is 0 Å². The lowest BCUT2D eigenvalue weighted by atomic mass is 9.72. The fourth-order valence-corrected chi connectivity index (χ4v) is 18.8. The highest BCUT2D eigenvalue weighted by Crippen LogP contribution is 2.60. The predicted molar refractivity (Wildman–Crippen MR) is 278 cm³/mol. The van der Waals surface area contributed by atoms with E-state index in [-0.39, 0.29) is 147 Å². The summed E-state index contributed by atoms with van der Waals surface area (Å²) in [5.74, 6) is -3.99. The molecule has 19 nitrogen and oxygen atoms in total. The molecular formula is C61H86O19. The van der Waals surface area contributed by atoms with E-state index in [2.05, 4.69) is 40.9 Å². The van der Waals surface area contributed by atoms with E-state index in [0.717, 1.165) is 36.8 Å². The first-order chi connectivity index (χ1) is 38.2. The van der Waals surface area contributed by atoms with E-state index in [0.29, 0.717) is 64.2 Å². The molecule has 16 saturated heterocycles. The Morgan fingerprint density at radius 2 is 1.27 bits per heavy atom. The number of fused-ring (bicyclic) bond motifs is 10. The number of carboxylic acid groups (broad SMARTS) is 1. The minimum Gasteiger partial charge on any atom is -0.481 e. The maximum atomic E-state index is 14.8. The van der Waals surface area contributed by atoms with E-state index in [1.54, 1.807) is 0 Å². The Labute approximate surface area is 468 Å². The number of aliphatic hydroxyl groups excluding tert-OH is 2. The molecule has 32 unspecified atom stereocenters. The molecule has 0 aromatic rings. The largest absolute Gasteiger partial charge is 0.481 e. The molecule has 16 aliphatic heterocycles. The predicted octanol–water partition coefficient (Wildman–Crippen LogP) is 5.68. The van der Waals surface area contributed by atoms with Gasteiger partial charge in [0.2, 0.25) is 0 Å². The van der Waals surface area contributed by atoms with Gasteiger partial charge in [0.15, 0.2) is 17.4 Å². The molecule has 3 spiro atoms. The van der Waals surface area contributed by atoms with Crippen LogP contribution in [0.4, 0.5) is 0 Å². The van der Waals surface area contributed by atoms with Crippen molar-refractivity contribution in [3.63, 3.8) is 0 Å². The van der Waals surface area contributed by atoms with Crippen LogP contribution >= 0.6 is 0 Å². The summed E-state index contributed by atoms with van der Waals surface area (Å²) in [7, 11) is 0. The SMILES string of the molecule is C=C1CC2CCC34OC5C6OC(CCC6OC6C5OC(C)(C6O3)C4O)CC(=O)CC3C(CC4OC(CCC1O2)CC(C)C4=C)OC1CC2OC4(CC2OC1C3C)CC1OC2(CC(C)C3OC(CC(=O)O)C(O)CC3O2)CC(C)C1O4. The zero-order valence-corrected chi connectivity index (χ0v) is 47.2. The Hall–Kier alpha value is -2.02. The van der Waals surface area contributed by atoms with E-state index in [4.69, 9.17) is 66.3 Å². The highest BCUT2D eigenvalue weighted by Gasteiger charge is 2.77. The van der Waals surface area contributed by atoms with Crippen LogP contribution in [0.3, 0.4) is 0 Å². The summed E-state index contributed by atoms with van der Waals surface area (Å²) in [6.45, 7) is 19.8. The van der Waals surface area contributed by atoms with Crippen molar-refractivity contribution in [3.8, 4) is 0 Å². The van der Waals surface area contributed by atoms with Crippen LogP contribution in [0.5, 0.6) is 0 Å². The molecule has 0 amide bonds. The molecule has 80 heavy (non-hydrogen) atoms. The van der Waals surface area contributed by atoms with Crippen LogP contribution in [-0.4, -0.2) is 190 Å². The molecule has 12 bridgehead atoms. The Morgan fingerprint density at radius 1 is 0.562 bits per heavy atom. The second-order valence-electron chi connectivity index (χ2n) is 28.2. The number of rotatable bonds is 2. The molecule has 16 aliphatic rings. The molecule has 3 N–H and O–H groups in total. The van der Waals surface area contributed by atoms with Gasteiger partial charge >= 0.3 is 5.97 Å². The number of Topliss-reactive ketones (excluding diaryl/α,β-unsaturated/α-hetero) is 1. The third-order valence-corrected chi connectivity index (χ3v) is 22.7. The maximum Gasteiger partial charge on any atom is 0.306 e. The monoisotopic (exact) mass is 1120 g/mol. The standard InChI is InChI=1S/C61H86O19/c1-26-14-33-8-10-38-27(2)15-35(67-38)12-13-61-57(66)58(7)56(80-61)55-54(77-58)53(79-61)52-39(71-55)11-9-34(69-52)16-32(62)17-36-31(6)51-44(70-41(36)19-40(68-33)30(26)5)20-43-46(73-51)24-60(74-43)25-47-50(78-60)29(4)23-59(76-47)22-28(3)49-45(75-59)18-37(63)42(72-49)21-48(64)65/h26,28-29,31,33-47,49-57,63,66H,2,5,8-25H2,1,3-4,6-7H3,(H,64,65). The fraction of sp³-hybridized carbons (Fsp3) is 0.902. The van der Waals surface area contributed by atoms with Gasteiger partial charge in [0.05, 0.1) is 110 Å². The molecule has 16 heterocycles. The molecule has 0 aromatic heterocycles. The second-order valence-corrected chi connectivity index (χ2v) is 28.2. The molecule has 0 aliphatic carbocycles. The zero-order valence-electron chi connectivity index (χ0n) is 47.2. The number of carbonyl (C=O) groups is 2. The zero-order chi connectivity index (χ0) is 55.1. The van der Waals surface area contributed by atoms with Gasteiger partial charge in [0.25, 0.3) is 0 Å². The van der Waals surface area contributed by atoms with E-state index in [1.807, 2.05) is 6.92 Å². The Kier molecular flexibility index (Phi) is 13.5. The van der Waals surface area contributed by atoms with Gasteiger partial charge in [-0.25, -0.2) is 0 Å². The summed E-state index contributed by atoms with van der Waals surface area (Å²) < 4.78 is 96.9. The number of hydrogen-bond donors (Lipinski definition) is 3. The van der Waals surface area contributed by atoms with Crippen molar-refractivity contribution < 1.29 is 91.2 Å². The summed E-state index contributed by atoms with van der Waals surface area (Å²) in [5.41, 5.74) is 1.11. The Bertz CT molecular complexity index is 2460. The lowest BCUT2D eigenvalue weighted by molar-refractivity contribution is -0.371. The molecule has 19 heteroatoms. The van der Waals surface area contributed by atoms with Gasteiger partial charge in [0, 0.05) is 64.2 Å². The van der Waals surface area contributed by atoms with E-state index >= 15 is 0 Å². The van der Waals surface area contributed by atoms with Crippen LogP contribution in [0.25, 0.3) is 0 Å². The lowest BCUT2D eigenvalue weighted by Gasteiger charge is -2.54. The summed E-state index contributed by atoms with van der Waals surface area (Å²) in [6, 6.07) is 0. The van der Waals surface area contributed by atoms with Gasteiger partial charge in [-0.15, -0.1) is 0 Å². The smallest absolute Gasteiger partial charge is 0.306 e. The van der Waals surface area contributed by atoms with Crippen molar-refractivity contribution in [1.82, 2.24) is 0 Å². The quantitative estimate of drug-likeness (QED) is 0.283. The molecular weight excluding hydrogens is 1040 g/mol. The highest BCUT2D eigenvalue weighted by atomic mass is 16.8. The van der Waals surface area contributed by atoms with Crippen LogP contribution in [0.2, 0.25) is 0 Å². The topological polar surface area (TPSA) is 224 Å². The third kappa shape index (κ3) is 8.91. The van der Waals surface area contributed by atoms with Crippen molar-refractivity contribution in [2.45, 2.75) is 314 Å². The molecule has 0 saturated carbocycles. The van der Waals surface area contributed by atoms with Crippen LogP contribution in [0.1, 0.15) is 150 Å². The number of hydrogen-bond acceptors (Lipinski definition) is 18. The second kappa shape index (κ2) is 19.8. The van der Waals surface area contributed by atoms with Gasteiger partial charge in [-0.1, -0.05) is 40.9 Å². The number of carboxylic acids is 1. The van der Waals surface area contributed by atoms with Crippen molar-refractivity contribution in [2.75, 3.05) is 0 Å². The normalized spacial score (nSPS) is 58.8. The van der Waals surface area contributed by atoms with Gasteiger partial charge in [-0.3, -0.25) is 9.59 Å². The molecule has 444 valence electrons. The first-order valence-electron chi connectivity index (χ1n) is 31.0. The van der Waals surface area contributed by atoms with Gasteiger partial charge < -0.3 is 81.6 Å². The molecule has 16 fully saturated rings. The van der Waals surface area contributed by atoms with Crippen LogP contribution < -0.4 is 0 Å². The molecule has 0 aromatic carbocycles. The number of carbonyl (C=O) groups excluding carboxylic acids is 1. The fourth-order valence-electron chi connectivity index (χ4n) is 18.8. The third-order valence-electron chi connectivity index (χ3n) is 22.7. The van der Waals surface area contributed by atoms with Gasteiger partial charge in [-0.05, 0) is 92.6 Å². The average molecular weight is 1120 g/mol. The molecule has 16 rings (SSSR count). The van der Waals surface area contributed by atoms with E-state index in [1.165, 1.54) is 0 Å². The molecule has 0 radical (unpaired) electrons.